The molecule has 1 unspecified atom stereocenters. The molecule has 3 N–H and O–H groups in total. The molecule has 1 aromatic carbocycles. The van der Waals surface area contributed by atoms with Gasteiger partial charge in [-0.2, -0.15) is 0 Å². The number of pyridine rings is 1. The number of hydrogen-bond donors (Lipinski definition) is 2. The Morgan fingerprint density at radius 3 is 2.67 bits per heavy atom. The summed E-state index contributed by atoms with van der Waals surface area (Å²) in [6.07, 6.45) is 3.87. The maximum Gasteiger partial charge on any atom is 0.0704 e. The lowest BCUT2D eigenvalue weighted by atomic mass is 10.00. The maximum absolute atomic E-state index is 5.75. The lowest BCUT2D eigenvalue weighted by Crippen LogP contribution is -2.39. The summed E-state index contributed by atoms with van der Waals surface area (Å²) in [5.41, 5.74) is 5.33. The van der Waals surface area contributed by atoms with E-state index in [9.17, 15) is 0 Å². The number of nitrogens with one attached hydrogen (secondary N) is 1. The number of nitrogens with two attached hydrogens (primary N) is 1. The Balaban J connectivity index is 2.06. The number of nitrogens with zero attached hydrogens (tertiary/aromatic N) is 2. The fourth-order valence-corrected chi connectivity index (χ4v) is 2.72. The first-order chi connectivity index (χ1) is 10.3. The number of para-hydroxylation sites is 1. The normalized spacial score (nSPS) is 13.0. The summed E-state index contributed by atoms with van der Waals surface area (Å²) in [5, 5.41) is 1.23. The minimum atomic E-state index is 0.288. The average Bonchev–Trinajstić information content (AvgIpc) is 2.54. The molecule has 0 aliphatic rings. The van der Waals surface area contributed by atoms with Gasteiger partial charge in [0.1, 0.15) is 0 Å². The summed E-state index contributed by atoms with van der Waals surface area (Å²) in [4.78, 5) is 6.84. The van der Waals surface area contributed by atoms with Crippen molar-refractivity contribution in [1.29, 1.82) is 0 Å². The largest absolute Gasteiger partial charge is 0.304 e. The fourth-order valence-electron chi connectivity index (χ4n) is 2.72. The summed E-state index contributed by atoms with van der Waals surface area (Å²) in [6, 6.07) is 10.7. The Bertz CT molecular complexity index is 546. The topological polar surface area (TPSA) is 54.2 Å². The van der Waals surface area contributed by atoms with E-state index in [0.29, 0.717) is 0 Å². The van der Waals surface area contributed by atoms with E-state index >= 15 is 0 Å². The van der Waals surface area contributed by atoms with Crippen LogP contribution in [0, 0.1) is 0 Å². The van der Waals surface area contributed by atoms with Gasteiger partial charge in [-0.3, -0.25) is 16.3 Å². The highest BCUT2D eigenvalue weighted by molar-refractivity contribution is 5.81. The second-order valence-electron chi connectivity index (χ2n) is 5.37. The van der Waals surface area contributed by atoms with Gasteiger partial charge in [0.15, 0.2) is 0 Å². The molecule has 4 nitrogen and oxygen atoms in total. The van der Waals surface area contributed by atoms with Gasteiger partial charge in [0, 0.05) is 17.6 Å². The molecule has 0 aliphatic carbocycles. The fraction of sp³-hybridized carbons (Fsp3) is 0.471. The van der Waals surface area contributed by atoms with E-state index < -0.39 is 0 Å². The molecule has 114 valence electrons. The van der Waals surface area contributed by atoms with Gasteiger partial charge in [0.2, 0.25) is 0 Å². The molecule has 0 fully saturated rings. The predicted molar refractivity (Wildman–Crippen MR) is 89.0 cm³/mol. The Kier molecular flexibility index (Phi) is 6.11. The predicted octanol–water partition coefficient (Wildman–Crippen LogP) is 2.34. The zero-order valence-corrected chi connectivity index (χ0v) is 13.0. The summed E-state index contributed by atoms with van der Waals surface area (Å²) >= 11 is 0. The SMILES string of the molecule is CCN(CC)CCC(Cc1ccnc2ccccc12)NN. The Hall–Kier alpha value is -1.49. The summed E-state index contributed by atoms with van der Waals surface area (Å²) in [5.74, 6) is 5.75. The van der Waals surface area contributed by atoms with Crippen molar-refractivity contribution in [2.75, 3.05) is 19.6 Å². The van der Waals surface area contributed by atoms with Crippen LogP contribution in [0.5, 0.6) is 0 Å². The monoisotopic (exact) mass is 286 g/mol. The second kappa shape index (κ2) is 8.08. The van der Waals surface area contributed by atoms with Crippen LogP contribution in [0.15, 0.2) is 36.5 Å². The number of hydrogen-bond acceptors (Lipinski definition) is 4. The zero-order valence-electron chi connectivity index (χ0n) is 13.0. The quantitative estimate of drug-likeness (QED) is 0.578. The Labute approximate surface area is 127 Å². The highest BCUT2D eigenvalue weighted by atomic mass is 15.2. The summed E-state index contributed by atoms with van der Waals surface area (Å²) in [6.45, 7) is 7.65. The van der Waals surface area contributed by atoms with Crippen molar-refractivity contribution in [3.8, 4) is 0 Å². The van der Waals surface area contributed by atoms with Gasteiger partial charge in [0.25, 0.3) is 0 Å². The highest BCUT2D eigenvalue weighted by Gasteiger charge is 2.11. The second-order valence-corrected chi connectivity index (χ2v) is 5.37. The molecular formula is C17H26N4. The van der Waals surface area contributed by atoms with Crippen LogP contribution in [0.2, 0.25) is 0 Å². The van der Waals surface area contributed by atoms with E-state index in [2.05, 4.69) is 53.4 Å². The number of aromatic nitrogens is 1. The van der Waals surface area contributed by atoms with Crippen LogP contribution in [0.1, 0.15) is 25.8 Å². The molecule has 4 heteroatoms. The van der Waals surface area contributed by atoms with E-state index in [1.54, 1.807) is 0 Å². The van der Waals surface area contributed by atoms with Crippen molar-refractivity contribution >= 4 is 10.9 Å². The number of benzene rings is 1. The van der Waals surface area contributed by atoms with Crippen molar-refractivity contribution in [2.24, 2.45) is 5.84 Å². The van der Waals surface area contributed by atoms with Gasteiger partial charge >= 0.3 is 0 Å². The van der Waals surface area contributed by atoms with Crippen molar-refractivity contribution < 1.29 is 0 Å². The third-order valence-electron chi connectivity index (χ3n) is 4.13. The van der Waals surface area contributed by atoms with Gasteiger partial charge in [-0.1, -0.05) is 32.0 Å². The van der Waals surface area contributed by atoms with Crippen LogP contribution in [0.4, 0.5) is 0 Å². The molecule has 1 heterocycles. The lowest BCUT2D eigenvalue weighted by Gasteiger charge is -2.22. The van der Waals surface area contributed by atoms with E-state index in [1.807, 2.05) is 12.3 Å². The van der Waals surface area contributed by atoms with Gasteiger partial charge in [-0.25, -0.2) is 0 Å². The van der Waals surface area contributed by atoms with Crippen LogP contribution in [0.25, 0.3) is 10.9 Å². The van der Waals surface area contributed by atoms with Crippen LogP contribution < -0.4 is 11.3 Å². The number of rotatable bonds is 8. The molecule has 0 radical (unpaired) electrons. The maximum atomic E-state index is 5.75. The third kappa shape index (κ3) is 4.24. The Morgan fingerprint density at radius 2 is 1.95 bits per heavy atom. The highest BCUT2D eigenvalue weighted by Crippen LogP contribution is 2.18. The molecule has 2 rings (SSSR count). The van der Waals surface area contributed by atoms with Gasteiger partial charge < -0.3 is 4.90 Å². The molecule has 1 atom stereocenters. The van der Waals surface area contributed by atoms with Gasteiger partial charge in [-0.15, -0.1) is 0 Å². The van der Waals surface area contributed by atoms with Crippen molar-refractivity contribution in [3.05, 3.63) is 42.1 Å². The standard InChI is InChI=1S/C17H26N4/c1-3-21(4-2)12-10-15(20-18)13-14-9-11-19-17-8-6-5-7-16(14)17/h5-9,11,15,20H,3-4,10,12-13,18H2,1-2H3. The van der Waals surface area contributed by atoms with E-state index in [-0.39, 0.29) is 6.04 Å². The van der Waals surface area contributed by atoms with E-state index in [1.165, 1.54) is 10.9 Å². The smallest absolute Gasteiger partial charge is 0.0704 e. The molecule has 0 amide bonds. The van der Waals surface area contributed by atoms with E-state index in [4.69, 9.17) is 5.84 Å². The average molecular weight is 286 g/mol. The molecule has 0 bridgehead atoms. The van der Waals surface area contributed by atoms with Crippen molar-refractivity contribution in [3.63, 3.8) is 0 Å². The van der Waals surface area contributed by atoms with Crippen LogP contribution >= 0.6 is 0 Å². The van der Waals surface area contributed by atoms with Crippen molar-refractivity contribution in [2.45, 2.75) is 32.7 Å². The molecule has 2 aromatic rings. The molecule has 0 saturated carbocycles. The number of fused-ring (bicyclic) bond motifs is 1. The van der Waals surface area contributed by atoms with Gasteiger partial charge in [0.05, 0.1) is 5.52 Å². The molecule has 1 aromatic heterocycles. The summed E-state index contributed by atoms with van der Waals surface area (Å²) in [7, 11) is 0. The summed E-state index contributed by atoms with van der Waals surface area (Å²) < 4.78 is 0. The molecule has 0 saturated heterocycles. The van der Waals surface area contributed by atoms with Gasteiger partial charge in [-0.05, 0) is 50.2 Å². The van der Waals surface area contributed by atoms with E-state index in [0.717, 1.165) is 38.0 Å². The van der Waals surface area contributed by atoms with Crippen LogP contribution in [0.3, 0.4) is 0 Å². The lowest BCUT2D eigenvalue weighted by molar-refractivity contribution is 0.281. The van der Waals surface area contributed by atoms with Crippen molar-refractivity contribution in [1.82, 2.24) is 15.3 Å². The molecular weight excluding hydrogens is 260 g/mol. The third-order valence-corrected chi connectivity index (χ3v) is 4.13. The zero-order chi connectivity index (χ0) is 15.1. The first-order valence-electron chi connectivity index (χ1n) is 7.79. The number of hydrazine groups is 1. The molecule has 0 aliphatic heterocycles. The van der Waals surface area contributed by atoms with Crippen LogP contribution in [-0.4, -0.2) is 35.6 Å². The van der Waals surface area contributed by atoms with Crippen LogP contribution in [-0.2, 0) is 6.42 Å². The first kappa shape index (κ1) is 15.9. The minimum absolute atomic E-state index is 0.288. The minimum Gasteiger partial charge on any atom is -0.304 e. The Morgan fingerprint density at radius 1 is 1.19 bits per heavy atom. The first-order valence-corrected chi connectivity index (χ1v) is 7.79. The molecule has 21 heavy (non-hydrogen) atoms. The molecule has 0 spiro atoms.